The molecule has 1 aromatic heterocycles. The van der Waals surface area contributed by atoms with E-state index in [0.29, 0.717) is 13.0 Å². The van der Waals surface area contributed by atoms with Gasteiger partial charge >= 0.3 is 5.97 Å². The molecule has 0 radical (unpaired) electrons. The molecule has 4 heteroatoms. The Hall–Kier alpha value is -1.71. The van der Waals surface area contributed by atoms with Gasteiger partial charge in [-0.05, 0) is 12.1 Å². The second-order valence-corrected chi connectivity index (χ2v) is 3.43. The van der Waals surface area contributed by atoms with E-state index in [1.54, 1.807) is 6.20 Å². The Kier molecular flexibility index (Phi) is 2.76. The normalized spacial score (nSPS) is 19.8. The molecule has 0 saturated carbocycles. The number of ether oxygens (including phenoxy) is 1. The number of aromatic nitrogens is 1. The maximum Gasteiger partial charge on any atom is 0.310 e. The first-order valence-electron chi connectivity index (χ1n) is 4.84. The van der Waals surface area contributed by atoms with Gasteiger partial charge in [0.15, 0.2) is 0 Å². The molecule has 2 heterocycles. The Morgan fingerprint density at radius 1 is 1.53 bits per heavy atom. The SMILES string of the molecule is COC(=O)C1CN=C(c2ccccn2)C1. The summed E-state index contributed by atoms with van der Waals surface area (Å²) in [6.45, 7) is 0.512. The lowest BCUT2D eigenvalue weighted by atomic mass is 10.0. The first-order valence-corrected chi connectivity index (χ1v) is 4.84. The fraction of sp³-hybridized carbons (Fsp3) is 0.364. The maximum atomic E-state index is 11.3. The fourth-order valence-corrected chi connectivity index (χ4v) is 1.63. The number of hydrogen-bond acceptors (Lipinski definition) is 4. The molecule has 0 N–H and O–H groups in total. The van der Waals surface area contributed by atoms with E-state index >= 15 is 0 Å². The number of rotatable bonds is 2. The third kappa shape index (κ3) is 2.03. The van der Waals surface area contributed by atoms with Crippen LogP contribution in [0, 0.1) is 5.92 Å². The Morgan fingerprint density at radius 2 is 2.40 bits per heavy atom. The van der Waals surface area contributed by atoms with Crippen LogP contribution < -0.4 is 0 Å². The van der Waals surface area contributed by atoms with Crippen molar-refractivity contribution in [3.63, 3.8) is 0 Å². The van der Waals surface area contributed by atoms with Crippen LogP contribution in [0.4, 0.5) is 0 Å². The van der Waals surface area contributed by atoms with Crippen molar-refractivity contribution in [2.24, 2.45) is 10.9 Å². The average Bonchev–Trinajstić information content (AvgIpc) is 2.78. The molecule has 0 spiro atoms. The zero-order valence-corrected chi connectivity index (χ0v) is 8.51. The van der Waals surface area contributed by atoms with E-state index in [-0.39, 0.29) is 11.9 Å². The average molecular weight is 204 g/mol. The Bertz CT molecular complexity index is 387. The number of aliphatic imine (C=N–C) groups is 1. The molecule has 0 saturated heterocycles. The molecule has 1 atom stereocenters. The largest absolute Gasteiger partial charge is 0.469 e. The number of methoxy groups -OCH3 is 1. The zero-order chi connectivity index (χ0) is 10.7. The summed E-state index contributed by atoms with van der Waals surface area (Å²) in [5, 5.41) is 0. The molecule has 1 unspecified atom stereocenters. The summed E-state index contributed by atoms with van der Waals surface area (Å²) in [5.74, 6) is -0.323. The second kappa shape index (κ2) is 4.21. The summed E-state index contributed by atoms with van der Waals surface area (Å²) in [6.07, 6.45) is 2.35. The first kappa shape index (κ1) is 9.83. The minimum absolute atomic E-state index is 0.132. The van der Waals surface area contributed by atoms with Gasteiger partial charge in [-0.15, -0.1) is 0 Å². The van der Waals surface area contributed by atoms with Crippen LogP contribution in [-0.4, -0.2) is 30.3 Å². The van der Waals surface area contributed by atoms with E-state index < -0.39 is 0 Å². The van der Waals surface area contributed by atoms with Gasteiger partial charge < -0.3 is 4.74 Å². The number of esters is 1. The van der Waals surface area contributed by atoms with Gasteiger partial charge in [-0.3, -0.25) is 14.8 Å². The van der Waals surface area contributed by atoms with E-state index in [0.717, 1.165) is 11.4 Å². The van der Waals surface area contributed by atoms with Crippen molar-refractivity contribution in [1.82, 2.24) is 4.98 Å². The predicted octanol–water partition coefficient (Wildman–Crippen LogP) is 1.06. The minimum atomic E-state index is -0.190. The summed E-state index contributed by atoms with van der Waals surface area (Å²) in [7, 11) is 1.40. The lowest BCUT2D eigenvalue weighted by Crippen LogP contribution is -2.17. The number of carbonyl (C=O) groups is 1. The summed E-state index contributed by atoms with van der Waals surface area (Å²) in [6, 6.07) is 5.67. The molecule has 0 amide bonds. The molecule has 1 aliphatic rings. The number of nitrogens with zero attached hydrogens (tertiary/aromatic N) is 2. The first-order chi connectivity index (χ1) is 7.31. The zero-order valence-electron chi connectivity index (χ0n) is 8.51. The number of carbonyl (C=O) groups excluding carboxylic acids is 1. The Balaban J connectivity index is 2.07. The molecule has 0 fully saturated rings. The lowest BCUT2D eigenvalue weighted by molar-refractivity contribution is -0.144. The summed E-state index contributed by atoms with van der Waals surface area (Å²) < 4.78 is 4.69. The molecule has 0 bridgehead atoms. The minimum Gasteiger partial charge on any atom is -0.469 e. The summed E-state index contributed by atoms with van der Waals surface area (Å²) >= 11 is 0. The molecule has 0 aromatic carbocycles. The van der Waals surface area contributed by atoms with E-state index in [1.165, 1.54) is 7.11 Å². The summed E-state index contributed by atoms with van der Waals surface area (Å²) in [5.41, 5.74) is 1.75. The molecule has 2 rings (SSSR count). The van der Waals surface area contributed by atoms with Crippen molar-refractivity contribution in [3.8, 4) is 0 Å². The highest BCUT2D eigenvalue weighted by atomic mass is 16.5. The molecular weight excluding hydrogens is 192 g/mol. The van der Waals surface area contributed by atoms with Gasteiger partial charge in [-0.2, -0.15) is 0 Å². The van der Waals surface area contributed by atoms with E-state index in [2.05, 4.69) is 14.7 Å². The van der Waals surface area contributed by atoms with Crippen molar-refractivity contribution >= 4 is 11.7 Å². The molecule has 1 aromatic rings. The Morgan fingerprint density at radius 3 is 3.07 bits per heavy atom. The fourth-order valence-electron chi connectivity index (χ4n) is 1.63. The third-order valence-corrected chi connectivity index (χ3v) is 2.44. The van der Waals surface area contributed by atoms with Crippen LogP contribution in [0.25, 0.3) is 0 Å². The quantitative estimate of drug-likeness (QED) is 0.677. The van der Waals surface area contributed by atoms with Crippen LogP contribution in [0.15, 0.2) is 29.4 Å². The molecular formula is C11H12N2O2. The lowest BCUT2D eigenvalue weighted by Gasteiger charge is -2.04. The number of hydrogen-bond donors (Lipinski definition) is 0. The van der Waals surface area contributed by atoms with Crippen LogP contribution in [0.2, 0.25) is 0 Å². The second-order valence-electron chi connectivity index (χ2n) is 3.43. The number of pyridine rings is 1. The Labute approximate surface area is 88.0 Å². The van der Waals surface area contributed by atoms with Crippen molar-refractivity contribution < 1.29 is 9.53 Å². The molecule has 15 heavy (non-hydrogen) atoms. The molecule has 4 nitrogen and oxygen atoms in total. The van der Waals surface area contributed by atoms with Crippen LogP contribution in [0.1, 0.15) is 12.1 Å². The van der Waals surface area contributed by atoms with E-state index in [4.69, 9.17) is 0 Å². The highest BCUT2D eigenvalue weighted by molar-refractivity contribution is 6.02. The monoisotopic (exact) mass is 204 g/mol. The van der Waals surface area contributed by atoms with Crippen molar-refractivity contribution in [3.05, 3.63) is 30.1 Å². The maximum absolute atomic E-state index is 11.3. The van der Waals surface area contributed by atoms with Crippen molar-refractivity contribution in [2.75, 3.05) is 13.7 Å². The van der Waals surface area contributed by atoms with Gasteiger partial charge in [0, 0.05) is 12.6 Å². The van der Waals surface area contributed by atoms with Crippen LogP contribution in [0.3, 0.4) is 0 Å². The van der Waals surface area contributed by atoms with Gasteiger partial charge in [-0.1, -0.05) is 6.07 Å². The summed E-state index contributed by atoms with van der Waals surface area (Å²) in [4.78, 5) is 19.8. The third-order valence-electron chi connectivity index (χ3n) is 2.44. The highest BCUT2D eigenvalue weighted by Crippen LogP contribution is 2.18. The molecule has 78 valence electrons. The van der Waals surface area contributed by atoms with Crippen molar-refractivity contribution in [1.29, 1.82) is 0 Å². The van der Waals surface area contributed by atoms with Crippen LogP contribution >= 0.6 is 0 Å². The van der Waals surface area contributed by atoms with E-state index in [9.17, 15) is 4.79 Å². The van der Waals surface area contributed by atoms with E-state index in [1.807, 2.05) is 18.2 Å². The van der Waals surface area contributed by atoms with Crippen LogP contribution in [-0.2, 0) is 9.53 Å². The van der Waals surface area contributed by atoms with Gasteiger partial charge in [-0.25, -0.2) is 0 Å². The van der Waals surface area contributed by atoms with Crippen molar-refractivity contribution in [2.45, 2.75) is 6.42 Å². The van der Waals surface area contributed by atoms with Gasteiger partial charge in [0.1, 0.15) is 0 Å². The molecule has 1 aliphatic heterocycles. The highest BCUT2D eigenvalue weighted by Gasteiger charge is 2.27. The predicted molar refractivity (Wildman–Crippen MR) is 55.8 cm³/mol. The standard InChI is InChI=1S/C11H12N2O2/c1-15-11(14)8-6-10(13-7-8)9-4-2-3-5-12-9/h2-5,8H,6-7H2,1H3. The smallest absolute Gasteiger partial charge is 0.310 e. The topological polar surface area (TPSA) is 51.5 Å². The van der Waals surface area contributed by atoms with Gasteiger partial charge in [0.25, 0.3) is 0 Å². The molecule has 0 aliphatic carbocycles. The van der Waals surface area contributed by atoms with Gasteiger partial charge in [0.2, 0.25) is 0 Å². The van der Waals surface area contributed by atoms with Crippen LogP contribution in [0.5, 0.6) is 0 Å². The van der Waals surface area contributed by atoms with Gasteiger partial charge in [0.05, 0.1) is 31.0 Å².